The Hall–Kier alpha value is -0.680. The number of hydrogen-bond donors (Lipinski definition) is 3. The highest BCUT2D eigenvalue weighted by Gasteiger charge is 2.20. The highest BCUT2D eigenvalue weighted by atomic mass is 31.2. The molecule has 0 aliphatic carbocycles. The van der Waals surface area contributed by atoms with Gasteiger partial charge in [-0.2, -0.15) is 0 Å². The van der Waals surface area contributed by atoms with Crippen LogP contribution in [0.5, 0.6) is 0 Å². The number of hydrogen-bond acceptors (Lipinski definition) is 4. The summed E-state index contributed by atoms with van der Waals surface area (Å²) in [5.74, 6) is -0.423. The Morgan fingerprint density at radius 1 is 0.889 bits per heavy atom. The van der Waals surface area contributed by atoms with Gasteiger partial charge < -0.3 is 19.6 Å². The van der Waals surface area contributed by atoms with Crippen molar-refractivity contribution in [2.24, 2.45) is 0 Å². The van der Waals surface area contributed by atoms with Crippen molar-refractivity contribution in [1.82, 2.24) is 0 Å². The monoisotopic (exact) mass is 406 g/mol. The molecule has 0 aliphatic rings. The van der Waals surface area contributed by atoms with Crippen molar-refractivity contribution in [3.05, 3.63) is 12.7 Å². The van der Waals surface area contributed by atoms with E-state index in [9.17, 15) is 14.5 Å². The van der Waals surface area contributed by atoms with E-state index in [1.54, 1.807) is 0 Å². The highest BCUT2D eigenvalue weighted by molar-refractivity contribution is 7.51. The van der Waals surface area contributed by atoms with Gasteiger partial charge in [0.15, 0.2) is 0 Å². The second-order valence-corrected chi connectivity index (χ2v) is 8.95. The summed E-state index contributed by atoms with van der Waals surface area (Å²) >= 11 is 0. The van der Waals surface area contributed by atoms with E-state index in [-0.39, 0.29) is 13.0 Å². The Balaban J connectivity index is 3.31. The maximum atomic E-state index is 11.5. The molecular formula is C20H39O6P. The van der Waals surface area contributed by atoms with Gasteiger partial charge in [0, 0.05) is 6.42 Å². The van der Waals surface area contributed by atoms with E-state index in [0.29, 0.717) is 0 Å². The first-order valence-electron chi connectivity index (χ1n) is 10.3. The van der Waals surface area contributed by atoms with Crippen LogP contribution < -0.4 is 0 Å². The smallest absolute Gasteiger partial charge is 0.328 e. The molecule has 0 amide bonds. The van der Waals surface area contributed by atoms with Crippen LogP contribution in [0.4, 0.5) is 0 Å². The van der Waals surface area contributed by atoms with Crippen LogP contribution in [-0.2, 0) is 14.1 Å². The fourth-order valence-electron chi connectivity index (χ4n) is 2.91. The summed E-state index contributed by atoms with van der Waals surface area (Å²) in [6.45, 7) is 3.37. The maximum Gasteiger partial charge on any atom is 0.328 e. The van der Waals surface area contributed by atoms with Gasteiger partial charge in [-0.1, -0.05) is 70.3 Å². The molecule has 0 aliphatic heterocycles. The molecule has 0 radical (unpaired) electrons. The molecule has 160 valence electrons. The zero-order valence-electron chi connectivity index (χ0n) is 16.7. The first-order valence-corrected chi connectivity index (χ1v) is 12.1. The number of unbranched alkanes of at least 4 members (excludes halogenated alkanes) is 12. The molecule has 0 heterocycles. The minimum atomic E-state index is -4.28. The van der Waals surface area contributed by atoms with E-state index < -0.39 is 25.8 Å². The zero-order chi connectivity index (χ0) is 20.4. The average molecular weight is 407 g/mol. The minimum absolute atomic E-state index is 0.286. The first kappa shape index (κ1) is 26.3. The summed E-state index contributed by atoms with van der Waals surface area (Å²) in [7, 11) is -4.28. The summed E-state index contributed by atoms with van der Waals surface area (Å²) in [4.78, 5) is 28.9. The van der Waals surface area contributed by atoms with Crippen LogP contribution in [0, 0.1) is 0 Å². The van der Waals surface area contributed by atoms with Crippen molar-refractivity contribution >= 4 is 13.6 Å². The van der Waals surface area contributed by atoms with Crippen LogP contribution in [0.2, 0.25) is 0 Å². The van der Waals surface area contributed by atoms with Crippen molar-refractivity contribution in [3.8, 4) is 0 Å². The summed E-state index contributed by atoms with van der Waals surface area (Å²) in [6, 6.07) is 0. The van der Waals surface area contributed by atoms with Crippen molar-refractivity contribution < 1.29 is 29.0 Å². The van der Waals surface area contributed by atoms with Gasteiger partial charge in [0.25, 0.3) is 0 Å². The largest absolute Gasteiger partial charge is 0.463 e. The number of ether oxygens (including phenoxy) is 1. The van der Waals surface area contributed by atoms with Gasteiger partial charge in [-0.05, 0) is 19.3 Å². The van der Waals surface area contributed by atoms with Gasteiger partial charge in [-0.15, -0.1) is 6.58 Å². The van der Waals surface area contributed by atoms with Crippen molar-refractivity contribution in [1.29, 1.82) is 0 Å². The highest BCUT2D eigenvalue weighted by Crippen LogP contribution is 2.34. The van der Waals surface area contributed by atoms with Crippen LogP contribution in [0.25, 0.3) is 0 Å². The molecule has 0 aromatic carbocycles. The Labute approximate surface area is 164 Å². The summed E-state index contributed by atoms with van der Waals surface area (Å²) in [5.41, 5.74) is 0. The average Bonchev–Trinajstić information content (AvgIpc) is 2.59. The van der Waals surface area contributed by atoms with Crippen LogP contribution in [0.15, 0.2) is 12.7 Å². The molecule has 0 rings (SSSR count). The third-order valence-electron chi connectivity index (χ3n) is 4.42. The minimum Gasteiger partial charge on any atom is -0.463 e. The normalized spacial score (nSPS) is 12.7. The molecule has 0 saturated heterocycles. The van der Waals surface area contributed by atoms with Gasteiger partial charge in [0.05, 0.1) is 12.3 Å². The molecule has 6 nitrogen and oxygen atoms in total. The van der Waals surface area contributed by atoms with Crippen LogP contribution in [-0.4, -0.2) is 39.7 Å². The molecule has 1 atom stereocenters. The Morgan fingerprint density at radius 3 is 1.78 bits per heavy atom. The second kappa shape index (κ2) is 17.4. The molecule has 27 heavy (non-hydrogen) atoms. The molecular weight excluding hydrogens is 367 g/mol. The number of aliphatic hydroxyl groups excluding tert-OH is 1. The summed E-state index contributed by atoms with van der Waals surface area (Å²) < 4.78 is 15.5. The molecule has 0 fully saturated rings. The van der Waals surface area contributed by atoms with Gasteiger partial charge in [-0.3, -0.25) is 9.36 Å². The molecule has 0 aromatic rings. The SMILES string of the molecule is C=CCCCCCCCCCCCCCCC(=O)OCC(O)CP(=O)(O)O. The second-order valence-electron chi connectivity index (χ2n) is 7.25. The molecule has 3 N–H and O–H groups in total. The van der Waals surface area contributed by atoms with Gasteiger partial charge >= 0.3 is 13.6 Å². The fourth-order valence-corrected chi connectivity index (χ4v) is 3.57. The lowest BCUT2D eigenvalue weighted by Gasteiger charge is -2.12. The first-order chi connectivity index (χ1) is 12.8. The van der Waals surface area contributed by atoms with Gasteiger partial charge in [0.1, 0.15) is 6.61 Å². The summed E-state index contributed by atoms with van der Waals surface area (Å²) in [5, 5.41) is 9.36. The van der Waals surface area contributed by atoms with Crippen LogP contribution in [0.1, 0.15) is 89.9 Å². The molecule has 1 unspecified atom stereocenters. The fraction of sp³-hybridized carbons (Fsp3) is 0.850. The predicted molar refractivity (Wildman–Crippen MR) is 109 cm³/mol. The zero-order valence-corrected chi connectivity index (χ0v) is 17.6. The predicted octanol–water partition coefficient (Wildman–Crippen LogP) is 4.72. The number of carbonyl (C=O) groups is 1. The number of aliphatic hydroxyl groups is 1. The quantitative estimate of drug-likeness (QED) is 0.124. The Morgan fingerprint density at radius 2 is 1.33 bits per heavy atom. The lowest BCUT2D eigenvalue weighted by molar-refractivity contribution is -0.146. The lowest BCUT2D eigenvalue weighted by atomic mass is 10.0. The van der Waals surface area contributed by atoms with E-state index in [0.717, 1.165) is 25.7 Å². The molecule has 0 saturated carbocycles. The molecule has 0 bridgehead atoms. The summed E-state index contributed by atoms with van der Waals surface area (Å²) in [6.07, 6.45) is 15.9. The number of carbonyl (C=O) groups excluding carboxylic acids is 1. The third kappa shape index (κ3) is 21.5. The van der Waals surface area contributed by atoms with Crippen molar-refractivity contribution in [2.75, 3.05) is 12.8 Å². The van der Waals surface area contributed by atoms with Crippen molar-refractivity contribution in [3.63, 3.8) is 0 Å². The van der Waals surface area contributed by atoms with Gasteiger partial charge in [-0.25, -0.2) is 0 Å². The van der Waals surface area contributed by atoms with Crippen molar-refractivity contribution in [2.45, 2.75) is 96.0 Å². The topological polar surface area (TPSA) is 104 Å². The van der Waals surface area contributed by atoms with E-state index >= 15 is 0 Å². The third-order valence-corrected chi connectivity index (χ3v) is 5.32. The van der Waals surface area contributed by atoms with Crippen LogP contribution in [0.3, 0.4) is 0 Å². The molecule has 0 aromatic heterocycles. The van der Waals surface area contributed by atoms with E-state index in [1.165, 1.54) is 57.8 Å². The number of rotatable bonds is 19. The van der Waals surface area contributed by atoms with E-state index in [2.05, 4.69) is 6.58 Å². The number of allylic oxidation sites excluding steroid dienone is 1. The van der Waals surface area contributed by atoms with Crippen LogP contribution >= 0.6 is 7.60 Å². The van der Waals surface area contributed by atoms with E-state index in [4.69, 9.17) is 14.5 Å². The standard InChI is InChI=1S/C20H39O6P/c1-2-3-4-5-6-7-8-9-10-11-12-13-14-15-16-20(22)26-17-19(21)18-27(23,24)25/h2,19,21H,1,3-18H2,(H2,23,24,25). The number of esters is 1. The van der Waals surface area contributed by atoms with E-state index in [1.807, 2.05) is 6.08 Å². The van der Waals surface area contributed by atoms with Gasteiger partial charge in [0.2, 0.25) is 0 Å². The molecule has 7 heteroatoms. The Kier molecular flexibility index (Phi) is 17.0. The maximum absolute atomic E-state index is 11.5. The molecule has 0 spiro atoms. The lowest BCUT2D eigenvalue weighted by Crippen LogP contribution is -2.22. The Bertz CT molecular complexity index is 421.